The van der Waals surface area contributed by atoms with Crippen LogP contribution in [0.1, 0.15) is 19.4 Å². The molecule has 0 spiro atoms. The number of ether oxygens (including phenoxy) is 2. The molecule has 0 heterocycles. The molecule has 1 aromatic rings. The van der Waals surface area contributed by atoms with Gasteiger partial charge in [-0.3, -0.25) is 0 Å². The van der Waals surface area contributed by atoms with Crippen LogP contribution in [0.4, 0.5) is 0 Å². The van der Waals surface area contributed by atoms with Gasteiger partial charge in [-0.1, -0.05) is 18.5 Å². The van der Waals surface area contributed by atoms with Crippen molar-refractivity contribution in [3.05, 3.63) is 28.8 Å². The van der Waals surface area contributed by atoms with Crippen molar-refractivity contribution in [2.45, 2.75) is 20.4 Å². The monoisotopic (exact) mass is 243 g/mol. The Kier molecular flexibility index (Phi) is 6.23. The summed E-state index contributed by atoms with van der Waals surface area (Å²) in [5, 5.41) is 3.96. The summed E-state index contributed by atoms with van der Waals surface area (Å²) in [4.78, 5) is 0. The summed E-state index contributed by atoms with van der Waals surface area (Å²) in [5.41, 5.74) is 1.05. The summed E-state index contributed by atoms with van der Waals surface area (Å²) >= 11 is 5.94. The Hall–Kier alpha value is -0.770. The smallest absolute Gasteiger partial charge is 0.189 e. The molecular formula is C12H18ClNO2. The van der Waals surface area contributed by atoms with E-state index in [-0.39, 0.29) is 6.79 Å². The minimum Gasteiger partial charge on any atom is -0.467 e. The maximum atomic E-state index is 5.94. The summed E-state index contributed by atoms with van der Waals surface area (Å²) in [6, 6.07) is 5.60. The molecule has 0 unspecified atom stereocenters. The van der Waals surface area contributed by atoms with Crippen LogP contribution in [0.5, 0.6) is 5.75 Å². The first-order valence-electron chi connectivity index (χ1n) is 5.47. The molecule has 0 radical (unpaired) electrons. The van der Waals surface area contributed by atoms with Gasteiger partial charge in [-0.2, -0.15) is 0 Å². The van der Waals surface area contributed by atoms with Gasteiger partial charge < -0.3 is 14.8 Å². The van der Waals surface area contributed by atoms with Crippen molar-refractivity contribution < 1.29 is 9.47 Å². The second kappa shape index (κ2) is 7.49. The summed E-state index contributed by atoms with van der Waals surface area (Å²) in [5.74, 6) is 0.818. The fraction of sp³-hybridized carbons (Fsp3) is 0.500. The maximum Gasteiger partial charge on any atom is 0.189 e. The molecule has 0 aliphatic heterocycles. The SMILES string of the molecule is CCNCc1cc(Cl)ccc1OCOCC. The van der Waals surface area contributed by atoms with Crippen LogP contribution >= 0.6 is 11.6 Å². The molecule has 0 amide bonds. The van der Waals surface area contributed by atoms with Gasteiger partial charge in [0, 0.05) is 23.7 Å². The normalized spacial score (nSPS) is 10.4. The third-order valence-electron chi connectivity index (χ3n) is 2.09. The highest BCUT2D eigenvalue weighted by Gasteiger charge is 2.04. The van der Waals surface area contributed by atoms with E-state index in [1.807, 2.05) is 25.1 Å². The zero-order valence-electron chi connectivity index (χ0n) is 9.75. The molecule has 0 fully saturated rings. The van der Waals surface area contributed by atoms with Gasteiger partial charge in [0.25, 0.3) is 0 Å². The van der Waals surface area contributed by atoms with Gasteiger partial charge in [0.05, 0.1) is 0 Å². The second-order valence-electron chi connectivity index (χ2n) is 3.29. The molecule has 4 heteroatoms. The van der Waals surface area contributed by atoms with E-state index in [0.717, 1.165) is 29.4 Å². The highest BCUT2D eigenvalue weighted by atomic mass is 35.5. The molecule has 90 valence electrons. The highest BCUT2D eigenvalue weighted by Crippen LogP contribution is 2.22. The zero-order valence-corrected chi connectivity index (χ0v) is 10.5. The van der Waals surface area contributed by atoms with Crippen molar-refractivity contribution in [1.29, 1.82) is 0 Å². The van der Waals surface area contributed by atoms with Crippen LogP contribution in [0.2, 0.25) is 5.02 Å². The number of halogens is 1. The van der Waals surface area contributed by atoms with Gasteiger partial charge in [0.2, 0.25) is 0 Å². The first kappa shape index (κ1) is 13.3. The minimum atomic E-state index is 0.275. The fourth-order valence-electron chi connectivity index (χ4n) is 1.28. The Bertz CT molecular complexity index is 318. The number of hydrogen-bond donors (Lipinski definition) is 1. The molecule has 1 N–H and O–H groups in total. The molecule has 16 heavy (non-hydrogen) atoms. The molecule has 0 aliphatic carbocycles. The zero-order chi connectivity index (χ0) is 11.8. The van der Waals surface area contributed by atoms with Crippen molar-refractivity contribution in [1.82, 2.24) is 5.32 Å². The van der Waals surface area contributed by atoms with Crippen LogP contribution in [-0.4, -0.2) is 19.9 Å². The molecule has 0 saturated carbocycles. The van der Waals surface area contributed by atoms with Gasteiger partial charge in [0.15, 0.2) is 6.79 Å². The van der Waals surface area contributed by atoms with Gasteiger partial charge in [0.1, 0.15) is 5.75 Å². The first-order chi connectivity index (χ1) is 7.77. The Morgan fingerprint density at radius 2 is 2.12 bits per heavy atom. The van der Waals surface area contributed by atoms with E-state index < -0.39 is 0 Å². The number of rotatable bonds is 7. The van der Waals surface area contributed by atoms with Crippen molar-refractivity contribution >= 4 is 11.6 Å². The maximum absolute atomic E-state index is 5.94. The van der Waals surface area contributed by atoms with Crippen LogP contribution in [0.3, 0.4) is 0 Å². The minimum absolute atomic E-state index is 0.275. The Morgan fingerprint density at radius 3 is 2.81 bits per heavy atom. The van der Waals surface area contributed by atoms with E-state index >= 15 is 0 Å². The number of hydrogen-bond acceptors (Lipinski definition) is 3. The molecule has 0 aromatic heterocycles. The summed E-state index contributed by atoms with van der Waals surface area (Å²) in [6.07, 6.45) is 0. The lowest BCUT2D eigenvalue weighted by atomic mass is 10.2. The molecule has 0 bridgehead atoms. The van der Waals surface area contributed by atoms with E-state index in [9.17, 15) is 0 Å². The lowest BCUT2D eigenvalue weighted by Crippen LogP contribution is -2.13. The molecule has 0 aliphatic rings. The predicted octanol–water partition coefficient (Wildman–Crippen LogP) is 2.82. The third kappa shape index (κ3) is 4.39. The predicted molar refractivity (Wildman–Crippen MR) is 66.0 cm³/mol. The van der Waals surface area contributed by atoms with Crippen LogP contribution in [-0.2, 0) is 11.3 Å². The van der Waals surface area contributed by atoms with Crippen molar-refractivity contribution in [3.8, 4) is 5.75 Å². The second-order valence-corrected chi connectivity index (χ2v) is 3.72. The molecular weight excluding hydrogens is 226 g/mol. The third-order valence-corrected chi connectivity index (χ3v) is 2.32. The van der Waals surface area contributed by atoms with Crippen LogP contribution in [0.15, 0.2) is 18.2 Å². The van der Waals surface area contributed by atoms with Crippen LogP contribution in [0, 0.1) is 0 Å². The lowest BCUT2D eigenvalue weighted by molar-refractivity contribution is 0.0218. The van der Waals surface area contributed by atoms with E-state index in [4.69, 9.17) is 21.1 Å². The van der Waals surface area contributed by atoms with Crippen LogP contribution < -0.4 is 10.1 Å². The van der Waals surface area contributed by atoms with E-state index in [0.29, 0.717) is 6.61 Å². The largest absolute Gasteiger partial charge is 0.467 e. The highest BCUT2D eigenvalue weighted by molar-refractivity contribution is 6.30. The summed E-state index contributed by atoms with van der Waals surface area (Å²) in [6.45, 7) is 6.58. The van der Waals surface area contributed by atoms with Crippen LogP contribution in [0.25, 0.3) is 0 Å². The first-order valence-corrected chi connectivity index (χ1v) is 5.85. The van der Waals surface area contributed by atoms with E-state index in [2.05, 4.69) is 12.2 Å². The summed E-state index contributed by atoms with van der Waals surface area (Å²) in [7, 11) is 0. The van der Waals surface area contributed by atoms with Gasteiger partial charge in [-0.05, 0) is 31.7 Å². The molecule has 0 atom stereocenters. The van der Waals surface area contributed by atoms with Crippen molar-refractivity contribution in [3.63, 3.8) is 0 Å². The van der Waals surface area contributed by atoms with Crippen molar-refractivity contribution in [2.75, 3.05) is 19.9 Å². The number of benzene rings is 1. The Balaban J connectivity index is 2.64. The molecule has 3 nitrogen and oxygen atoms in total. The molecule has 1 rings (SSSR count). The van der Waals surface area contributed by atoms with Gasteiger partial charge in [-0.25, -0.2) is 0 Å². The molecule has 1 aromatic carbocycles. The average Bonchev–Trinajstić information content (AvgIpc) is 2.29. The quantitative estimate of drug-likeness (QED) is 0.590. The fourth-order valence-corrected chi connectivity index (χ4v) is 1.47. The molecule has 0 saturated heterocycles. The van der Waals surface area contributed by atoms with Gasteiger partial charge in [-0.15, -0.1) is 0 Å². The van der Waals surface area contributed by atoms with E-state index in [1.54, 1.807) is 0 Å². The van der Waals surface area contributed by atoms with E-state index in [1.165, 1.54) is 0 Å². The number of nitrogens with one attached hydrogen (secondary N) is 1. The van der Waals surface area contributed by atoms with Crippen molar-refractivity contribution in [2.24, 2.45) is 0 Å². The Labute approximate surface area is 102 Å². The van der Waals surface area contributed by atoms with Gasteiger partial charge >= 0.3 is 0 Å². The standard InChI is InChI=1S/C12H18ClNO2/c1-3-14-8-10-7-11(13)5-6-12(10)16-9-15-4-2/h5-7,14H,3-4,8-9H2,1-2H3. The summed E-state index contributed by atoms with van der Waals surface area (Å²) < 4.78 is 10.7. The Morgan fingerprint density at radius 1 is 1.31 bits per heavy atom. The average molecular weight is 244 g/mol. The topological polar surface area (TPSA) is 30.5 Å². The lowest BCUT2D eigenvalue weighted by Gasteiger charge is -2.12.